The Balaban J connectivity index is 1.79. The highest BCUT2D eigenvalue weighted by Crippen LogP contribution is 2.41. The second kappa shape index (κ2) is 5.04. The maximum absolute atomic E-state index is 13.0. The number of hydrogen-bond donors (Lipinski definition) is 2. The number of fused-ring (bicyclic) bond motifs is 2. The number of rotatable bonds is 2. The van der Waals surface area contributed by atoms with Gasteiger partial charge in [0.1, 0.15) is 0 Å². The molecular formula is C14H24N2O3. The van der Waals surface area contributed by atoms with Crippen LogP contribution in [0.25, 0.3) is 0 Å². The highest BCUT2D eigenvalue weighted by atomic mass is 16.5. The van der Waals surface area contributed by atoms with Crippen LogP contribution in [-0.4, -0.2) is 53.9 Å². The molecule has 3 heterocycles. The number of aliphatic hydroxyl groups excluding tert-OH is 1. The Bertz CT molecular complexity index is 341. The zero-order valence-corrected chi connectivity index (χ0v) is 11.4. The van der Waals surface area contributed by atoms with Crippen LogP contribution < -0.4 is 5.73 Å². The van der Waals surface area contributed by atoms with Crippen molar-refractivity contribution < 1.29 is 14.6 Å². The lowest BCUT2D eigenvalue weighted by Gasteiger charge is -2.44. The normalized spacial score (nSPS) is 37.4. The van der Waals surface area contributed by atoms with Gasteiger partial charge in [-0.2, -0.15) is 0 Å². The molecule has 0 aromatic rings. The van der Waals surface area contributed by atoms with Gasteiger partial charge in [-0.25, -0.2) is 0 Å². The molecular weight excluding hydrogens is 244 g/mol. The van der Waals surface area contributed by atoms with Gasteiger partial charge in [0.05, 0.1) is 11.5 Å². The third-order valence-electron chi connectivity index (χ3n) is 5.24. The third kappa shape index (κ3) is 2.18. The van der Waals surface area contributed by atoms with Crippen LogP contribution in [0.1, 0.15) is 38.5 Å². The molecule has 0 aliphatic carbocycles. The molecule has 3 rings (SSSR count). The molecule has 0 aromatic heterocycles. The maximum atomic E-state index is 13.0. The molecule has 3 N–H and O–H groups in total. The average molecular weight is 268 g/mol. The first-order valence-electron chi connectivity index (χ1n) is 7.45. The predicted octanol–water partition coefficient (Wildman–Crippen LogP) is 0.256. The molecule has 5 heteroatoms. The molecule has 0 spiro atoms. The van der Waals surface area contributed by atoms with Gasteiger partial charge in [-0.1, -0.05) is 0 Å². The third-order valence-corrected chi connectivity index (χ3v) is 5.24. The van der Waals surface area contributed by atoms with Crippen LogP contribution in [-0.2, 0) is 9.53 Å². The lowest BCUT2D eigenvalue weighted by Crippen LogP contribution is -2.57. The molecule has 0 saturated carbocycles. The van der Waals surface area contributed by atoms with Crippen molar-refractivity contribution in [3.63, 3.8) is 0 Å². The Kier molecular flexibility index (Phi) is 3.53. The molecule has 3 fully saturated rings. The molecule has 0 aromatic carbocycles. The molecule has 3 saturated heterocycles. The van der Waals surface area contributed by atoms with Crippen molar-refractivity contribution in [2.45, 2.75) is 56.7 Å². The van der Waals surface area contributed by atoms with E-state index in [1.807, 2.05) is 0 Å². The van der Waals surface area contributed by atoms with Crippen LogP contribution in [0.4, 0.5) is 0 Å². The van der Waals surface area contributed by atoms with Gasteiger partial charge in [0, 0.05) is 31.8 Å². The van der Waals surface area contributed by atoms with E-state index in [9.17, 15) is 9.90 Å². The number of piperidine rings is 1. The first kappa shape index (κ1) is 13.3. The van der Waals surface area contributed by atoms with E-state index in [2.05, 4.69) is 4.90 Å². The zero-order chi connectivity index (χ0) is 13.5. The van der Waals surface area contributed by atoms with Crippen LogP contribution in [0.5, 0.6) is 0 Å². The van der Waals surface area contributed by atoms with E-state index in [1.165, 1.54) is 0 Å². The smallest absolute Gasteiger partial charge is 0.230 e. The van der Waals surface area contributed by atoms with Gasteiger partial charge in [-0.05, 0) is 38.5 Å². The molecule has 3 aliphatic heterocycles. The average Bonchev–Trinajstić information content (AvgIpc) is 2.70. The molecule has 1 amide bonds. The topological polar surface area (TPSA) is 75.8 Å². The zero-order valence-electron chi connectivity index (χ0n) is 11.4. The van der Waals surface area contributed by atoms with Gasteiger partial charge in [0.25, 0.3) is 0 Å². The Morgan fingerprint density at radius 3 is 2.37 bits per heavy atom. The summed E-state index contributed by atoms with van der Waals surface area (Å²) >= 11 is 0. The number of aliphatic hydroxyl groups is 1. The van der Waals surface area contributed by atoms with Crippen LogP contribution >= 0.6 is 0 Å². The largest absolute Gasteiger partial charge is 0.393 e. The fourth-order valence-electron chi connectivity index (χ4n) is 4.02. The summed E-state index contributed by atoms with van der Waals surface area (Å²) < 4.78 is 5.38. The summed E-state index contributed by atoms with van der Waals surface area (Å²) in [6.07, 6.45) is 4.78. The lowest BCUT2D eigenvalue weighted by molar-refractivity contribution is -0.153. The van der Waals surface area contributed by atoms with E-state index in [1.54, 1.807) is 0 Å². The van der Waals surface area contributed by atoms with Crippen molar-refractivity contribution in [2.24, 2.45) is 11.1 Å². The van der Waals surface area contributed by atoms with Gasteiger partial charge < -0.3 is 20.5 Å². The quantitative estimate of drug-likeness (QED) is 0.753. The second-order valence-electron chi connectivity index (χ2n) is 6.32. The van der Waals surface area contributed by atoms with Crippen LogP contribution in [0.3, 0.4) is 0 Å². The van der Waals surface area contributed by atoms with E-state index < -0.39 is 5.41 Å². The Labute approximate surface area is 114 Å². The fourth-order valence-corrected chi connectivity index (χ4v) is 4.02. The molecule has 108 valence electrons. The molecule has 5 nitrogen and oxygen atoms in total. The summed E-state index contributed by atoms with van der Waals surface area (Å²) in [5, 5.41) is 9.84. The minimum absolute atomic E-state index is 0.220. The van der Waals surface area contributed by atoms with Crippen molar-refractivity contribution >= 4 is 5.91 Å². The minimum Gasteiger partial charge on any atom is -0.393 e. The van der Waals surface area contributed by atoms with Crippen molar-refractivity contribution in [2.75, 3.05) is 19.8 Å². The van der Waals surface area contributed by atoms with Crippen LogP contribution in [0, 0.1) is 5.41 Å². The SMILES string of the molecule is NCC1(C(=O)N2C3CCC2CC(O)C3)CCOCC1. The van der Waals surface area contributed by atoms with Crippen LogP contribution in [0.15, 0.2) is 0 Å². The molecule has 2 atom stereocenters. The van der Waals surface area contributed by atoms with Gasteiger partial charge in [0.15, 0.2) is 0 Å². The maximum Gasteiger partial charge on any atom is 0.230 e. The van der Waals surface area contributed by atoms with E-state index >= 15 is 0 Å². The molecule has 2 bridgehead atoms. The highest BCUT2D eigenvalue weighted by molar-refractivity contribution is 5.84. The summed E-state index contributed by atoms with van der Waals surface area (Å²) in [4.78, 5) is 15.0. The van der Waals surface area contributed by atoms with E-state index in [0.29, 0.717) is 19.8 Å². The summed E-state index contributed by atoms with van der Waals surface area (Å²) in [5.41, 5.74) is 5.52. The van der Waals surface area contributed by atoms with Crippen molar-refractivity contribution in [1.29, 1.82) is 0 Å². The predicted molar refractivity (Wildman–Crippen MR) is 70.4 cm³/mol. The number of hydrogen-bond acceptors (Lipinski definition) is 4. The van der Waals surface area contributed by atoms with Crippen molar-refractivity contribution in [3.8, 4) is 0 Å². The van der Waals surface area contributed by atoms with E-state index in [4.69, 9.17) is 10.5 Å². The van der Waals surface area contributed by atoms with E-state index in [-0.39, 0.29) is 24.1 Å². The number of ether oxygens (including phenoxy) is 1. The van der Waals surface area contributed by atoms with Gasteiger partial charge in [-0.15, -0.1) is 0 Å². The summed E-state index contributed by atoms with van der Waals surface area (Å²) in [7, 11) is 0. The van der Waals surface area contributed by atoms with Gasteiger partial charge >= 0.3 is 0 Å². The van der Waals surface area contributed by atoms with Gasteiger partial charge in [-0.3, -0.25) is 4.79 Å². The number of nitrogens with zero attached hydrogens (tertiary/aromatic N) is 1. The fraction of sp³-hybridized carbons (Fsp3) is 0.929. The highest BCUT2D eigenvalue weighted by Gasteiger charge is 2.49. The van der Waals surface area contributed by atoms with Crippen molar-refractivity contribution in [1.82, 2.24) is 4.90 Å². The molecule has 19 heavy (non-hydrogen) atoms. The van der Waals surface area contributed by atoms with Gasteiger partial charge in [0.2, 0.25) is 5.91 Å². The number of amides is 1. The minimum atomic E-state index is -0.415. The first-order chi connectivity index (χ1) is 9.16. The molecule has 0 radical (unpaired) electrons. The first-order valence-corrected chi connectivity index (χ1v) is 7.45. The number of carbonyl (C=O) groups excluding carboxylic acids is 1. The van der Waals surface area contributed by atoms with Crippen molar-refractivity contribution in [3.05, 3.63) is 0 Å². The van der Waals surface area contributed by atoms with E-state index in [0.717, 1.165) is 38.5 Å². The number of carbonyl (C=O) groups is 1. The summed E-state index contributed by atoms with van der Waals surface area (Å²) in [6.45, 7) is 1.68. The van der Waals surface area contributed by atoms with Crippen LogP contribution in [0.2, 0.25) is 0 Å². The summed E-state index contributed by atoms with van der Waals surface area (Å²) in [5.74, 6) is 0.220. The second-order valence-corrected chi connectivity index (χ2v) is 6.32. The number of nitrogens with two attached hydrogens (primary N) is 1. The monoisotopic (exact) mass is 268 g/mol. The summed E-state index contributed by atoms with van der Waals surface area (Å²) in [6, 6.07) is 0.458. The Hall–Kier alpha value is -0.650. The Morgan fingerprint density at radius 2 is 1.84 bits per heavy atom. The molecule has 3 aliphatic rings. The Morgan fingerprint density at radius 1 is 1.26 bits per heavy atom. The lowest BCUT2D eigenvalue weighted by atomic mass is 9.78. The molecule has 2 unspecified atom stereocenters. The standard InChI is InChI=1S/C14H24N2O3/c15-9-14(3-5-19-6-4-14)13(18)16-10-1-2-11(16)8-12(17)7-10/h10-12,17H,1-9,15H2.